The van der Waals surface area contributed by atoms with Crippen molar-refractivity contribution in [1.29, 1.82) is 0 Å². The number of aryl methyl sites for hydroxylation is 1. The number of fused-ring (bicyclic) bond motifs is 3. The van der Waals surface area contributed by atoms with Crippen molar-refractivity contribution < 1.29 is 19.3 Å². The van der Waals surface area contributed by atoms with Gasteiger partial charge in [0, 0.05) is 23.8 Å². The lowest BCUT2D eigenvalue weighted by Crippen LogP contribution is -2.49. The number of nitro groups is 1. The quantitative estimate of drug-likeness (QED) is 0.429. The molecule has 156 valence electrons. The van der Waals surface area contributed by atoms with E-state index in [0.29, 0.717) is 5.56 Å². The maximum Gasteiger partial charge on any atom is 0.271 e. The van der Waals surface area contributed by atoms with Crippen molar-refractivity contribution in [1.82, 2.24) is 5.01 Å². The van der Waals surface area contributed by atoms with E-state index < -0.39 is 46.1 Å². The van der Waals surface area contributed by atoms with Gasteiger partial charge in [-0.25, -0.2) is 4.90 Å². The van der Waals surface area contributed by atoms with E-state index >= 15 is 0 Å². The van der Waals surface area contributed by atoms with Gasteiger partial charge in [-0.2, -0.15) is 5.10 Å². The van der Waals surface area contributed by atoms with E-state index in [4.69, 9.17) is 0 Å². The van der Waals surface area contributed by atoms with Gasteiger partial charge in [0.2, 0.25) is 11.8 Å². The van der Waals surface area contributed by atoms with Crippen LogP contribution in [-0.4, -0.2) is 45.8 Å². The molecule has 0 saturated carbocycles. The second kappa shape index (κ2) is 6.58. The maximum absolute atomic E-state index is 13.5. The fourth-order valence-corrected chi connectivity index (χ4v) is 4.47. The lowest BCUT2D eigenvalue weighted by Gasteiger charge is -2.33. The number of carbonyl (C=O) groups is 3. The minimum Gasteiger partial charge on any atom is -0.297 e. The van der Waals surface area contributed by atoms with Gasteiger partial charge in [-0.05, 0) is 18.6 Å². The van der Waals surface area contributed by atoms with Crippen molar-refractivity contribution >= 4 is 35.2 Å². The summed E-state index contributed by atoms with van der Waals surface area (Å²) in [5, 5.41) is 17.1. The van der Waals surface area contributed by atoms with E-state index in [0.717, 1.165) is 4.90 Å². The SMILES string of the molecule is Cc1ccc([N+](=O)[O-])cc1N1C(=O)C2C(C1=O)C(C(=O)C(C)(C)C)N1N=CC=CC21. The van der Waals surface area contributed by atoms with Gasteiger partial charge in [0.25, 0.3) is 5.69 Å². The average molecular weight is 410 g/mol. The highest BCUT2D eigenvalue weighted by atomic mass is 16.6. The summed E-state index contributed by atoms with van der Waals surface area (Å²) in [5.41, 5.74) is -0.196. The van der Waals surface area contributed by atoms with Crippen LogP contribution in [0, 0.1) is 34.3 Å². The third-order valence-corrected chi connectivity index (χ3v) is 5.94. The minimum atomic E-state index is -0.896. The number of allylic oxidation sites excluding steroid dienone is 1. The molecule has 0 radical (unpaired) electrons. The molecule has 0 bridgehead atoms. The first kappa shape index (κ1) is 19.9. The monoisotopic (exact) mass is 410 g/mol. The number of hydrazone groups is 1. The number of ketones is 1. The molecule has 30 heavy (non-hydrogen) atoms. The Hall–Kier alpha value is -3.36. The van der Waals surface area contributed by atoms with E-state index in [1.54, 1.807) is 44.9 Å². The van der Waals surface area contributed by atoms with Gasteiger partial charge in [-0.15, -0.1) is 0 Å². The normalized spacial score (nSPS) is 27.5. The largest absolute Gasteiger partial charge is 0.297 e. The molecule has 4 rings (SSSR count). The fourth-order valence-electron chi connectivity index (χ4n) is 4.47. The highest BCUT2D eigenvalue weighted by Crippen LogP contribution is 2.47. The standard InChI is InChI=1S/C21H22N4O5/c1-11-7-8-12(25(29)30)10-14(11)23-19(27)15-13-6-5-9-22-24(13)17(16(15)20(23)28)18(26)21(2,3)4/h5-10,13,15-17H,1-4H3. The van der Waals surface area contributed by atoms with Crippen molar-refractivity contribution in [2.75, 3.05) is 4.90 Å². The molecule has 3 aliphatic rings. The summed E-state index contributed by atoms with van der Waals surface area (Å²) in [6.07, 6.45) is 5.01. The van der Waals surface area contributed by atoms with E-state index in [9.17, 15) is 24.5 Å². The number of hydrogen-bond donors (Lipinski definition) is 0. The van der Waals surface area contributed by atoms with Crippen molar-refractivity contribution in [2.24, 2.45) is 22.4 Å². The smallest absolute Gasteiger partial charge is 0.271 e. The third-order valence-electron chi connectivity index (χ3n) is 5.94. The summed E-state index contributed by atoms with van der Waals surface area (Å²) in [7, 11) is 0. The summed E-state index contributed by atoms with van der Waals surface area (Å²) < 4.78 is 0. The molecule has 0 aromatic heterocycles. The van der Waals surface area contributed by atoms with E-state index in [1.807, 2.05) is 0 Å². The van der Waals surface area contributed by atoms with Crippen LogP contribution in [0.15, 0.2) is 35.5 Å². The van der Waals surface area contributed by atoms with Crippen LogP contribution in [0.3, 0.4) is 0 Å². The molecule has 2 amide bonds. The number of nitro benzene ring substituents is 1. The highest BCUT2D eigenvalue weighted by Gasteiger charge is 2.65. The molecule has 4 unspecified atom stereocenters. The molecule has 3 heterocycles. The van der Waals surface area contributed by atoms with Crippen LogP contribution in [0.2, 0.25) is 0 Å². The van der Waals surface area contributed by atoms with E-state index in [1.165, 1.54) is 24.4 Å². The Morgan fingerprint density at radius 3 is 2.47 bits per heavy atom. The molecule has 1 aromatic carbocycles. The summed E-state index contributed by atoms with van der Waals surface area (Å²) in [6.45, 7) is 6.99. The van der Waals surface area contributed by atoms with E-state index in [2.05, 4.69) is 5.10 Å². The first-order valence-electron chi connectivity index (χ1n) is 9.70. The Morgan fingerprint density at radius 1 is 1.17 bits per heavy atom. The summed E-state index contributed by atoms with van der Waals surface area (Å²) in [4.78, 5) is 51.8. The Labute approximate surface area is 173 Å². The average Bonchev–Trinajstić information content (AvgIpc) is 3.14. The molecule has 9 heteroatoms. The molecular weight excluding hydrogens is 388 g/mol. The topological polar surface area (TPSA) is 113 Å². The molecule has 4 atom stereocenters. The Balaban J connectivity index is 1.82. The van der Waals surface area contributed by atoms with Crippen LogP contribution in [0.25, 0.3) is 0 Å². The number of anilines is 1. The van der Waals surface area contributed by atoms with Crippen molar-refractivity contribution in [3.05, 3.63) is 46.0 Å². The summed E-state index contributed by atoms with van der Waals surface area (Å²) in [6, 6.07) is 2.69. The van der Waals surface area contributed by atoms with E-state index in [-0.39, 0.29) is 17.2 Å². The van der Waals surface area contributed by atoms with Gasteiger partial charge in [-0.1, -0.05) is 32.9 Å². The summed E-state index contributed by atoms with van der Waals surface area (Å²) in [5.74, 6) is -2.83. The molecule has 0 spiro atoms. The van der Waals surface area contributed by atoms with Crippen molar-refractivity contribution in [3.8, 4) is 0 Å². The van der Waals surface area contributed by atoms with Crippen LogP contribution in [0.1, 0.15) is 26.3 Å². The Morgan fingerprint density at radius 2 is 1.83 bits per heavy atom. The number of amides is 2. The molecule has 9 nitrogen and oxygen atoms in total. The van der Waals surface area contributed by atoms with Gasteiger partial charge in [0.05, 0.1) is 28.5 Å². The maximum atomic E-state index is 13.5. The van der Waals surface area contributed by atoms with Gasteiger partial charge in [-0.3, -0.25) is 29.5 Å². The van der Waals surface area contributed by atoms with Crippen LogP contribution in [-0.2, 0) is 14.4 Å². The first-order chi connectivity index (χ1) is 14.0. The molecule has 0 N–H and O–H groups in total. The van der Waals surface area contributed by atoms with Crippen LogP contribution in [0.5, 0.6) is 0 Å². The third kappa shape index (κ3) is 2.76. The minimum absolute atomic E-state index is 0.175. The molecule has 3 aliphatic heterocycles. The number of imide groups is 1. The molecule has 2 saturated heterocycles. The van der Waals surface area contributed by atoms with Gasteiger partial charge >= 0.3 is 0 Å². The number of carbonyl (C=O) groups excluding carboxylic acids is 3. The van der Waals surface area contributed by atoms with Crippen LogP contribution in [0.4, 0.5) is 11.4 Å². The molecule has 2 fully saturated rings. The number of benzene rings is 1. The lowest BCUT2D eigenvalue weighted by molar-refractivity contribution is -0.384. The first-order valence-corrected chi connectivity index (χ1v) is 9.70. The number of Topliss-reactive ketones (excluding diaryl/α,β-unsaturated/α-hetero) is 1. The number of hydrogen-bond acceptors (Lipinski definition) is 7. The molecule has 1 aromatic rings. The highest BCUT2D eigenvalue weighted by molar-refractivity contribution is 6.24. The predicted molar refractivity (Wildman–Crippen MR) is 109 cm³/mol. The van der Waals surface area contributed by atoms with Gasteiger partial charge in [0.1, 0.15) is 6.04 Å². The zero-order chi connectivity index (χ0) is 22.0. The Kier molecular flexibility index (Phi) is 4.37. The molecular formula is C21H22N4O5. The second-order valence-electron chi connectivity index (χ2n) is 8.87. The fraction of sp³-hybridized carbons (Fsp3) is 0.429. The second-order valence-corrected chi connectivity index (χ2v) is 8.87. The number of rotatable bonds is 3. The van der Waals surface area contributed by atoms with Crippen molar-refractivity contribution in [3.63, 3.8) is 0 Å². The number of non-ortho nitro benzene ring substituents is 1. The van der Waals surface area contributed by atoms with Crippen LogP contribution >= 0.6 is 0 Å². The van der Waals surface area contributed by atoms with Crippen molar-refractivity contribution in [2.45, 2.75) is 39.8 Å². The zero-order valence-electron chi connectivity index (χ0n) is 17.1. The Bertz CT molecular complexity index is 1040. The van der Waals surface area contributed by atoms with Gasteiger partial charge in [0.15, 0.2) is 5.78 Å². The lowest BCUT2D eigenvalue weighted by atomic mass is 9.80. The van der Waals surface area contributed by atoms with Gasteiger partial charge < -0.3 is 0 Å². The predicted octanol–water partition coefficient (Wildman–Crippen LogP) is 2.23. The molecule has 0 aliphatic carbocycles. The summed E-state index contributed by atoms with van der Waals surface area (Å²) >= 11 is 0. The zero-order valence-corrected chi connectivity index (χ0v) is 17.1. The number of nitrogens with zero attached hydrogens (tertiary/aromatic N) is 4. The van der Waals surface area contributed by atoms with Crippen LogP contribution < -0.4 is 4.90 Å².